The van der Waals surface area contributed by atoms with Gasteiger partial charge in [-0.3, -0.25) is 0 Å². The molecule has 0 spiro atoms. The summed E-state index contributed by atoms with van der Waals surface area (Å²) in [4.78, 5) is 0. The van der Waals surface area contributed by atoms with Crippen molar-refractivity contribution in [2.75, 3.05) is 12.0 Å². The van der Waals surface area contributed by atoms with E-state index in [2.05, 4.69) is 26.8 Å². The smallest absolute Gasteiger partial charge is 0.139 e. The minimum atomic E-state index is -0.232. The van der Waals surface area contributed by atoms with Crippen molar-refractivity contribution in [2.45, 2.75) is 6.42 Å². The van der Waals surface area contributed by atoms with E-state index in [0.717, 1.165) is 24.2 Å². The number of anilines is 1. The van der Waals surface area contributed by atoms with E-state index in [1.165, 1.54) is 6.07 Å². The molecular formula is C8H8BrFN2. The third kappa shape index (κ3) is 1.32. The van der Waals surface area contributed by atoms with Gasteiger partial charge in [-0.15, -0.1) is 0 Å². The first-order chi connectivity index (χ1) is 5.77. The summed E-state index contributed by atoms with van der Waals surface area (Å²) in [6, 6.07) is 3.31. The number of benzene rings is 1. The molecule has 1 heterocycles. The van der Waals surface area contributed by atoms with Crippen molar-refractivity contribution in [3.05, 3.63) is 28.0 Å². The lowest BCUT2D eigenvalue weighted by Gasteiger charge is -2.19. The molecule has 0 unspecified atom stereocenters. The van der Waals surface area contributed by atoms with Gasteiger partial charge in [0.25, 0.3) is 0 Å². The highest BCUT2D eigenvalue weighted by Crippen LogP contribution is 2.25. The number of halogens is 2. The molecule has 4 heteroatoms. The van der Waals surface area contributed by atoms with Gasteiger partial charge in [-0.25, -0.2) is 9.82 Å². The number of hydrogen-bond acceptors (Lipinski definition) is 2. The first-order valence-corrected chi connectivity index (χ1v) is 4.53. The molecule has 2 rings (SSSR count). The molecule has 0 saturated carbocycles. The molecule has 0 amide bonds. The van der Waals surface area contributed by atoms with Crippen LogP contribution in [0.5, 0.6) is 0 Å². The Hall–Kier alpha value is -0.610. The van der Waals surface area contributed by atoms with E-state index in [1.54, 1.807) is 0 Å². The maximum absolute atomic E-state index is 13.0. The van der Waals surface area contributed by atoms with Crippen LogP contribution in [0.15, 0.2) is 16.6 Å². The number of hydrogen-bond donors (Lipinski definition) is 2. The molecule has 12 heavy (non-hydrogen) atoms. The fourth-order valence-electron chi connectivity index (χ4n) is 1.27. The molecule has 0 aromatic heterocycles. The number of fused-ring (bicyclic) bond motifs is 1. The second-order valence-electron chi connectivity index (χ2n) is 2.73. The average molecular weight is 231 g/mol. The molecule has 0 fully saturated rings. The topological polar surface area (TPSA) is 24.1 Å². The molecule has 0 saturated heterocycles. The molecule has 64 valence electrons. The van der Waals surface area contributed by atoms with E-state index in [4.69, 9.17) is 0 Å². The van der Waals surface area contributed by atoms with Crippen LogP contribution in [-0.2, 0) is 6.42 Å². The van der Waals surface area contributed by atoms with Gasteiger partial charge < -0.3 is 5.43 Å². The number of rotatable bonds is 0. The first-order valence-electron chi connectivity index (χ1n) is 3.74. The van der Waals surface area contributed by atoms with Crippen molar-refractivity contribution < 1.29 is 4.39 Å². The fraction of sp³-hybridized carbons (Fsp3) is 0.250. The van der Waals surface area contributed by atoms with E-state index >= 15 is 0 Å². The van der Waals surface area contributed by atoms with Gasteiger partial charge in [-0.1, -0.05) is 0 Å². The third-order valence-electron chi connectivity index (χ3n) is 1.89. The summed E-state index contributed by atoms with van der Waals surface area (Å²) in [7, 11) is 0. The normalized spacial score (nSPS) is 15.2. The molecule has 0 atom stereocenters. The standard InChI is InChI=1S/C8H8BrFN2/c9-6-3-5-1-2-11-12-8(5)4-7(6)10/h3-4,11-12H,1-2H2. The summed E-state index contributed by atoms with van der Waals surface area (Å²) < 4.78 is 13.5. The van der Waals surface area contributed by atoms with Crippen molar-refractivity contribution >= 4 is 21.6 Å². The Balaban J connectivity index is 2.49. The lowest BCUT2D eigenvalue weighted by atomic mass is 10.1. The number of nitrogens with one attached hydrogen (secondary N) is 2. The lowest BCUT2D eigenvalue weighted by molar-refractivity contribution is 0.617. The molecule has 0 aliphatic carbocycles. The van der Waals surface area contributed by atoms with Crippen LogP contribution in [0, 0.1) is 5.82 Å². The minimum absolute atomic E-state index is 0.232. The second kappa shape index (κ2) is 3.03. The van der Waals surface area contributed by atoms with E-state index in [1.807, 2.05) is 6.07 Å². The molecule has 1 aliphatic heterocycles. The first kappa shape index (κ1) is 8.01. The number of hydrazine groups is 1. The van der Waals surface area contributed by atoms with Crippen LogP contribution in [0.4, 0.5) is 10.1 Å². The van der Waals surface area contributed by atoms with Gasteiger partial charge in [0.1, 0.15) is 5.82 Å². The second-order valence-corrected chi connectivity index (χ2v) is 3.58. The van der Waals surface area contributed by atoms with Gasteiger partial charge in [0, 0.05) is 6.54 Å². The fourth-order valence-corrected chi connectivity index (χ4v) is 1.66. The third-order valence-corrected chi connectivity index (χ3v) is 2.50. The quantitative estimate of drug-likeness (QED) is 0.714. The highest BCUT2D eigenvalue weighted by Gasteiger charge is 2.10. The van der Waals surface area contributed by atoms with Crippen LogP contribution in [-0.4, -0.2) is 6.54 Å². The van der Waals surface area contributed by atoms with Gasteiger partial charge in [0.15, 0.2) is 0 Å². The monoisotopic (exact) mass is 230 g/mol. The zero-order chi connectivity index (χ0) is 8.55. The zero-order valence-corrected chi connectivity index (χ0v) is 7.91. The average Bonchev–Trinajstić information content (AvgIpc) is 2.07. The SMILES string of the molecule is Fc1cc2c(cc1Br)CCNN2. The van der Waals surface area contributed by atoms with Crippen molar-refractivity contribution in [3.8, 4) is 0 Å². The zero-order valence-electron chi connectivity index (χ0n) is 6.32. The summed E-state index contributed by atoms with van der Waals surface area (Å²) in [6.07, 6.45) is 0.932. The Morgan fingerprint density at radius 2 is 2.25 bits per heavy atom. The predicted molar refractivity (Wildman–Crippen MR) is 49.4 cm³/mol. The van der Waals surface area contributed by atoms with Crippen LogP contribution in [0.25, 0.3) is 0 Å². The molecule has 2 nitrogen and oxygen atoms in total. The largest absolute Gasteiger partial charge is 0.321 e. The van der Waals surface area contributed by atoms with Gasteiger partial charge in [0.05, 0.1) is 10.2 Å². The van der Waals surface area contributed by atoms with Crippen molar-refractivity contribution in [1.29, 1.82) is 0 Å². The summed E-state index contributed by atoms with van der Waals surface area (Å²) in [5, 5.41) is 0. The molecule has 1 aromatic rings. The summed E-state index contributed by atoms with van der Waals surface area (Å²) >= 11 is 3.15. The van der Waals surface area contributed by atoms with Crippen LogP contribution in [0.3, 0.4) is 0 Å². The van der Waals surface area contributed by atoms with Gasteiger partial charge in [-0.05, 0) is 40.0 Å². The summed E-state index contributed by atoms with van der Waals surface area (Å²) in [5.41, 5.74) is 7.85. The van der Waals surface area contributed by atoms with Crippen molar-refractivity contribution in [1.82, 2.24) is 5.43 Å². The van der Waals surface area contributed by atoms with Crippen molar-refractivity contribution in [3.63, 3.8) is 0 Å². The molecular weight excluding hydrogens is 223 g/mol. The maximum atomic E-state index is 13.0. The van der Waals surface area contributed by atoms with Crippen LogP contribution in [0.2, 0.25) is 0 Å². The lowest BCUT2D eigenvalue weighted by Crippen LogP contribution is -2.29. The van der Waals surface area contributed by atoms with Gasteiger partial charge in [-0.2, -0.15) is 0 Å². The molecule has 0 bridgehead atoms. The van der Waals surface area contributed by atoms with Crippen LogP contribution < -0.4 is 10.9 Å². The highest BCUT2D eigenvalue weighted by atomic mass is 79.9. The van der Waals surface area contributed by atoms with Crippen LogP contribution >= 0.6 is 15.9 Å². The molecule has 0 radical (unpaired) electrons. The molecule has 2 N–H and O–H groups in total. The Bertz CT molecular complexity index is 283. The van der Waals surface area contributed by atoms with E-state index < -0.39 is 0 Å². The predicted octanol–water partition coefficient (Wildman–Crippen LogP) is 2.06. The highest BCUT2D eigenvalue weighted by molar-refractivity contribution is 9.10. The Morgan fingerprint density at radius 1 is 1.42 bits per heavy atom. The molecule has 1 aliphatic rings. The summed E-state index contributed by atoms with van der Waals surface area (Å²) in [5.74, 6) is -0.232. The van der Waals surface area contributed by atoms with E-state index in [-0.39, 0.29) is 5.82 Å². The van der Waals surface area contributed by atoms with Crippen LogP contribution in [0.1, 0.15) is 5.56 Å². The Kier molecular flexibility index (Phi) is 2.02. The maximum Gasteiger partial charge on any atom is 0.139 e. The minimum Gasteiger partial charge on any atom is -0.321 e. The van der Waals surface area contributed by atoms with E-state index in [9.17, 15) is 4.39 Å². The Morgan fingerprint density at radius 3 is 3.08 bits per heavy atom. The van der Waals surface area contributed by atoms with Crippen molar-refractivity contribution in [2.24, 2.45) is 0 Å². The Labute approximate surface area is 78.3 Å². The van der Waals surface area contributed by atoms with E-state index in [0.29, 0.717) is 4.47 Å². The van der Waals surface area contributed by atoms with Gasteiger partial charge >= 0.3 is 0 Å². The summed E-state index contributed by atoms with van der Waals surface area (Å²) in [6.45, 7) is 0.880. The van der Waals surface area contributed by atoms with Gasteiger partial charge in [0.2, 0.25) is 0 Å². The molecule has 1 aromatic carbocycles.